The fourth-order valence-corrected chi connectivity index (χ4v) is 2.79. The quantitative estimate of drug-likeness (QED) is 0.919. The third kappa shape index (κ3) is 2.28. The van der Waals surface area contributed by atoms with Crippen LogP contribution in [0.2, 0.25) is 0 Å². The molecule has 0 aromatic carbocycles. The van der Waals surface area contributed by atoms with E-state index in [4.69, 9.17) is 4.52 Å². The fourth-order valence-electron chi connectivity index (χ4n) is 1.92. The van der Waals surface area contributed by atoms with Crippen LogP contribution in [0.1, 0.15) is 40.3 Å². The molecule has 2 aromatic heterocycles. The molecule has 18 heavy (non-hydrogen) atoms. The van der Waals surface area contributed by atoms with Crippen molar-refractivity contribution in [3.63, 3.8) is 0 Å². The molecule has 1 fully saturated rings. The van der Waals surface area contributed by atoms with E-state index in [1.54, 1.807) is 18.3 Å². The number of aromatic nitrogens is 2. The molecule has 2 aromatic rings. The number of nitrogens with one attached hydrogen (secondary N) is 1. The van der Waals surface area contributed by atoms with Gasteiger partial charge in [-0.2, -0.15) is 4.98 Å². The Kier molecular flexibility index (Phi) is 2.87. The molecule has 1 amide bonds. The second kappa shape index (κ2) is 4.53. The summed E-state index contributed by atoms with van der Waals surface area (Å²) in [5.41, 5.74) is 0. The Morgan fingerprint density at radius 3 is 3.00 bits per heavy atom. The van der Waals surface area contributed by atoms with E-state index in [1.165, 1.54) is 4.88 Å². The molecule has 6 heteroatoms. The summed E-state index contributed by atoms with van der Waals surface area (Å²) in [7, 11) is 0. The lowest BCUT2D eigenvalue weighted by Crippen LogP contribution is -2.30. The van der Waals surface area contributed by atoms with Crippen LogP contribution in [0.3, 0.4) is 0 Å². The summed E-state index contributed by atoms with van der Waals surface area (Å²) in [5.74, 6) is 0.784. The number of aryl methyl sites for hydroxylation is 1. The van der Waals surface area contributed by atoms with Crippen LogP contribution in [0.5, 0.6) is 0 Å². The van der Waals surface area contributed by atoms with Crippen LogP contribution in [0, 0.1) is 12.8 Å². The van der Waals surface area contributed by atoms with Gasteiger partial charge in [-0.3, -0.25) is 4.79 Å². The van der Waals surface area contributed by atoms with Crippen molar-refractivity contribution in [3.05, 3.63) is 34.1 Å². The third-order valence-corrected chi connectivity index (χ3v) is 3.92. The fraction of sp³-hybridized carbons (Fsp3) is 0.417. The van der Waals surface area contributed by atoms with Crippen molar-refractivity contribution in [2.45, 2.75) is 25.8 Å². The lowest BCUT2D eigenvalue weighted by molar-refractivity contribution is 0.0919. The molecule has 1 unspecified atom stereocenters. The van der Waals surface area contributed by atoms with E-state index in [0.29, 0.717) is 11.8 Å². The van der Waals surface area contributed by atoms with Crippen molar-refractivity contribution in [3.8, 4) is 0 Å². The molecule has 1 saturated carbocycles. The Morgan fingerprint density at radius 1 is 1.61 bits per heavy atom. The number of amides is 1. The van der Waals surface area contributed by atoms with Crippen molar-refractivity contribution >= 4 is 17.2 Å². The second-order valence-electron chi connectivity index (χ2n) is 4.44. The van der Waals surface area contributed by atoms with Crippen LogP contribution >= 0.6 is 11.3 Å². The maximum Gasteiger partial charge on any atom is 0.293 e. The first kappa shape index (κ1) is 11.4. The van der Waals surface area contributed by atoms with E-state index in [1.807, 2.05) is 11.4 Å². The maximum absolute atomic E-state index is 12.0. The normalized spacial score (nSPS) is 16.5. The summed E-state index contributed by atoms with van der Waals surface area (Å²) in [6.07, 6.45) is 2.32. The van der Waals surface area contributed by atoms with Crippen molar-refractivity contribution in [2.24, 2.45) is 5.92 Å². The lowest BCUT2D eigenvalue weighted by Gasteiger charge is -2.15. The summed E-state index contributed by atoms with van der Waals surface area (Å²) in [6.45, 7) is 1.67. The van der Waals surface area contributed by atoms with E-state index in [2.05, 4.69) is 21.5 Å². The van der Waals surface area contributed by atoms with Gasteiger partial charge in [0.05, 0.1) is 6.04 Å². The predicted octanol–water partition coefficient (Wildman–Crippen LogP) is 2.32. The highest BCUT2D eigenvalue weighted by molar-refractivity contribution is 7.10. The number of hydrogen-bond donors (Lipinski definition) is 1. The molecule has 2 heterocycles. The standard InChI is InChI=1S/C12H13N3O2S/c1-7-13-11(15-17-7)12(16)14-10(8-4-5-8)9-3-2-6-18-9/h2-3,6,8,10H,4-5H2,1H3,(H,14,16). The molecule has 94 valence electrons. The highest BCUT2D eigenvalue weighted by atomic mass is 32.1. The highest BCUT2D eigenvalue weighted by Gasteiger charge is 2.34. The minimum absolute atomic E-state index is 0.0799. The first-order valence-electron chi connectivity index (χ1n) is 5.88. The molecule has 1 N–H and O–H groups in total. The zero-order chi connectivity index (χ0) is 12.5. The monoisotopic (exact) mass is 263 g/mol. The van der Waals surface area contributed by atoms with E-state index in [0.717, 1.165) is 12.8 Å². The van der Waals surface area contributed by atoms with Gasteiger partial charge >= 0.3 is 0 Å². The van der Waals surface area contributed by atoms with Crippen LogP contribution in [0.4, 0.5) is 0 Å². The van der Waals surface area contributed by atoms with E-state index < -0.39 is 0 Å². The van der Waals surface area contributed by atoms with Crippen LogP contribution in [-0.2, 0) is 0 Å². The van der Waals surface area contributed by atoms with E-state index in [-0.39, 0.29) is 17.8 Å². The minimum atomic E-state index is -0.267. The average molecular weight is 263 g/mol. The van der Waals surface area contributed by atoms with Gasteiger partial charge in [-0.25, -0.2) is 0 Å². The summed E-state index contributed by atoms with van der Waals surface area (Å²) >= 11 is 1.66. The molecule has 0 saturated heterocycles. The molecular formula is C12H13N3O2S. The van der Waals surface area contributed by atoms with Gasteiger partial charge in [0.2, 0.25) is 5.89 Å². The number of rotatable bonds is 4. The zero-order valence-corrected chi connectivity index (χ0v) is 10.7. The van der Waals surface area contributed by atoms with Crippen LogP contribution in [0.15, 0.2) is 22.0 Å². The molecule has 1 aliphatic carbocycles. The van der Waals surface area contributed by atoms with Crippen LogP contribution < -0.4 is 5.32 Å². The predicted molar refractivity (Wildman–Crippen MR) is 66.3 cm³/mol. The van der Waals surface area contributed by atoms with Gasteiger partial charge in [0.1, 0.15) is 0 Å². The number of carbonyl (C=O) groups is 1. The SMILES string of the molecule is Cc1nc(C(=O)NC(c2cccs2)C2CC2)no1. The average Bonchev–Trinajstić information content (AvgIpc) is 2.88. The first-order chi connectivity index (χ1) is 8.74. The number of hydrogen-bond acceptors (Lipinski definition) is 5. The van der Waals surface area contributed by atoms with Crippen molar-refractivity contribution < 1.29 is 9.32 Å². The van der Waals surface area contributed by atoms with Crippen LogP contribution in [0.25, 0.3) is 0 Å². The van der Waals surface area contributed by atoms with Crippen molar-refractivity contribution in [2.75, 3.05) is 0 Å². The van der Waals surface area contributed by atoms with Crippen molar-refractivity contribution in [1.82, 2.24) is 15.5 Å². The second-order valence-corrected chi connectivity index (χ2v) is 5.42. The Balaban J connectivity index is 1.75. The molecule has 3 rings (SSSR count). The van der Waals surface area contributed by atoms with Gasteiger partial charge in [-0.1, -0.05) is 11.2 Å². The molecule has 1 atom stereocenters. The molecule has 0 radical (unpaired) electrons. The van der Waals surface area contributed by atoms with Gasteiger partial charge < -0.3 is 9.84 Å². The molecule has 0 aliphatic heterocycles. The number of thiophene rings is 1. The molecule has 0 bridgehead atoms. The lowest BCUT2D eigenvalue weighted by atomic mass is 10.1. The van der Waals surface area contributed by atoms with E-state index in [9.17, 15) is 4.79 Å². The molecule has 1 aliphatic rings. The topological polar surface area (TPSA) is 68.0 Å². The Hall–Kier alpha value is -1.69. The summed E-state index contributed by atoms with van der Waals surface area (Å²) in [4.78, 5) is 17.1. The largest absolute Gasteiger partial charge is 0.341 e. The highest BCUT2D eigenvalue weighted by Crippen LogP contribution is 2.42. The molecule has 5 nitrogen and oxygen atoms in total. The Bertz CT molecular complexity index is 545. The summed E-state index contributed by atoms with van der Waals surface area (Å²) in [5, 5.41) is 8.66. The zero-order valence-electron chi connectivity index (χ0n) is 9.92. The van der Waals surface area contributed by atoms with E-state index >= 15 is 0 Å². The maximum atomic E-state index is 12.0. The van der Waals surface area contributed by atoms with Gasteiger partial charge in [0, 0.05) is 11.8 Å². The Labute approximate surface area is 108 Å². The number of nitrogens with zero attached hydrogens (tertiary/aromatic N) is 2. The van der Waals surface area contributed by atoms with Gasteiger partial charge in [0.25, 0.3) is 11.7 Å². The first-order valence-corrected chi connectivity index (χ1v) is 6.76. The molecule has 0 spiro atoms. The smallest absolute Gasteiger partial charge is 0.293 e. The van der Waals surface area contributed by atoms with Gasteiger partial charge in [0.15, 0.2) is 0 Å². The molecular weight excluding hydrogens is 250 g/mol. The number of carbonyl (C=O) groups excluding carboxylic acids is 1. The van der Waals surface area contributed by atoms with Crippen molar-refractivity contribution in [1.29, 1.82) is 0 Å². The van der Waals surface area contributed by atoms with Crippen LogP contribution in [-0.4, -0.2) is 16.0 Å². The summed E-state index contributed by atoms with van der Waals surface area (Å²) < 4.78 is 4.81. The minimum Gasteiger partial charge on any atom is -0.341 e. The third-order valence-electron chi connectivity index (χ3n) is 2.96. The Morgan fingerprint density at radius 2 is 2.44 bits per heavy atom. The van der Waals surface area contributed by atoms with Gasteiger partial charge in [-0.05, 0) is 30.2 Å². The summed E-state index contributed by atoms with van der Waals surface area (Å²) in [6, 6.07) is 4.13. The van der Waals surface area contributed by atoms with Gasteiger partial charge in [-0.15, -0.1) is 11.3 Å².